The lowest BCUT2D eigenvalue weighted by Gasteiger charge is -2.35. The minimum absolute atomic E-state index is 0.0685. The fraction of sp³-hybridized carbons (Fsp3) is 1.00. The first kappa shape index (κ1) is 12.6. The lowest BCUT2D eigenvalue weighted by atomic mass is 10.3. The van der Waals surface area contributed by atoms with Crippen LogP contribution >= 0.6 is 15.3 Å². The summed E-state index contributed by atoms with van der Waals surface area (Å²) in [4.78, 5) is 0. The number of rotatable bonds is 4. The van der Waals surface area contributed by atoms with Crippen molar-refractivity contribution < 1.29 is 8.85 Å². The molecule has 0 radical (unpaired) electrons. The molecule has 0 rings (SSSR count). The lowest BCUT2D eigenvalue weighted by Crippen LogP contribution is -2.44. The van der Waals surface area contributed by atoms with Crippen LogP contribution in [0.15, 0.2) is 0 Å². The van der Waals surface area contributed by atoms with Gasteiger partial charge in [-0.15, -0.1) is 0 Å². The van der Waals surface area contributed by atoms with Gasteiger partial charge in [0.05, 0.1) is 0 Å². The number of hydrogen-bond donors (Lipinski definition) is 0. The molecular weight excluding hydrogens is 236 g/mol. The van der Waals surface area contributed by atoms with Crippen LogP contribution in [-0.4, -0.2) is 20.4 Å². The van der Waals surface area contributed by atoms with E-state index in [1.54, 1.807) is 0 Å². The van der Waals surface area contributed by atoms with Gasteiger partial charge in [-0.1, -0.05) is 36.1 Å². The van der Waals surface area contributed by atoms with E-state index in [-0.39, 0.29) is 5.04 Å². The zero-order valence-corrected chi connectivity index (χ0v) is 11.2. The molecule has 0 aromatic carbocycles. The van der Waals surface area contributed by atoms with E-state index in [0.29, 0.717) is 13.2 Å². The van der Waals surface area contributed by atoms with Crippen LogP contribution in [0.3, 0.4) is 0 Å². The lowest BCUT2D eigenvalue weighted by molar-refractivity contribution is 0.186. The van der Waals surface area contributed by atoms with Crippen molar-refractivity contribution >= 4 is 22.5 Å². The second-order valence-electron chi connectivity index (χ2n) is 3.65. The highest BCUT2D eigenvalue weighted by Gasteiger charge is 2.47. The molecule has 0 spiro atoms. The van der Waals surface area contributed by atoms with Gasteiger partial charge < -0.3 is 8.85 Å². The topological polar surface area (TPSA) is 18.5 Å². The Morgan fingerprint density at radius 2 is 1.42 bits per heavy atom. The Bertz CT molecular complexity index is 128. The summed E-state index contributed by atoms with van der Waals surface area (Å²) in [5.74, 6) is 0. The third-order valence-corrected chi connectivity index (χ3v) is 9.61. The summed E-state index contributed by atoms with van der Waals surface area (Å²) >= 11 is 3.62. The van der Waals surface area contributed by atoms with Gasteiger partial charge in [-0.3, -0.25) is 0 Å². The minimum Gasteiger partial charge on any atom is -0.386 e. The van der Waals surface area contributed by atoms with E-state index in [4.69, 9.17) is 8.85 Å². The molecule has 0 saturated heterocycles. The number of halogens is 1. The van der Waals surface area contributed by atoms with Crippen LogP contribution in [0.4, 0.5) is 0 Å². The summed E-state index contributed by atoms with van der Waals surface area (Å²) in [6.07, 6.45) is 0. The zero-order chi connectivity index (χ0) is 9.83. The van der Waals surface area contributed by atoms with Crippen LogP contribution in [-0.2, 0) is 8.85 Å². The second kappa shape index (κ2) is 4.74. The molecular formula is C8H19BrO2Si. The van der Waals surface area contributed by atoms with Crippen LogP contribution in [0, 0.1) is 0 Å². The zero-order valence-electron chi connectivity index (χ0n) is 8.61. The van der Waals surface area contributed by atoms with Gasteiger partial charge in [0.1, 0.15) is 0 Å². The quantitative estimate of drug-likeness (QED) is 0.567. The molecule has 0 N–H and O–H groups in total. The van der Waals surface area contributed by atoms with Gasteiger partial charge in [-0.05, 0) is 13.8 Å². The molecule has 74 valence electrons. The largest absolute Gasteiger partial charge is 0.419 e. The summed E-state index contributed by atoms with van der Waals surface area (Å²) in [5, 5.41) is 0.0685. The van der Waals surface area contributed by atoms with E-state index in [9.17, 15) is 0 Å². The standard InChI is InChI=1S/C8H19BrO2Si/c1-6-10-12(9,11-7-2)8(3,4)5/h6-7H2,1-5H3. The Morgan fingerprint density at radius 3 is 1.58 bits per heavy atom. The molecule has 4 heteroatoms. The molecule has 0 fully saturated rings. The average molecular weight is 255 g/mol. The van der Waals surface area contributed by atoms with Crippen molar-refractivity contribution in [1.82, 2.24) is 0 Å². The van der Waals surface area contributed by atoms with Crippen LogP contribution in [0.1, 0.15) is 34.6 Å². The van der Waals surface area contributed by atoms with Crippen LogP contribution < -0.4 is 0 Å². The molecule has 0 heterocycles. The van der Waals surface area contributed by atoms with Crippen LogP contribution in [0.5, 0.6) is 0 Å². The Labute approximate surface area is 84.5 Å². The van der Waals surface area contributed by atoms with Crippen molar-refractivity contribution in [2.45, 2.75) is 39.7 Å². The maximum absolute atomic E-state index is 5.67. The van der Waals surface area contributed by atoms with Crippen molar-refractivity contribution in [2.24, 2.45) is 0 Å². The maximum atomic E-state index is 5.67. The van der Waals surface area contributed by atoms with Crippen molar-refractivity contribution in [3.05, 3.63) is 0 Å². The summed E-state index contributed by atoms with van der Waals surface area (Å²) in [6, 6.07) is 0. The maximum Gasteiger partial charge on any atom is 0.419 e. The van der Waals surface area contributed by atoms with Gasteiger partial charge in [-0.25, -0.2) is 0 Å². The van der Waals surface area contributed by atoms with Gasteiger partial charge in [0, 0.05) is 18.3 Å². The Hall–Kier alpha value is 0.617. The van der Waals surface area contributed by atoms with Gasteiger partial charge in [-0.2, -0.15) is 0 Å². The summed E-state index contributed by atoms with van der Waals surface area (Å²) in [5.41, 5.74) is 0. The number of hydrogen-bond acceptors (Lipinski definition) is 2. The molecule has 0 aromatic heterocycles. The van der Waals surface area contributed by atoms with E-state index in [2.05, 4.69) is 36.1 Å². The van der Waals surface area contributed by atoms with E-state index in [1.165, 1.54) is 0 Å². The first-order valence-electron chi connectivity index (χ1n) is 4.34. The highest BCUT2D eigenvalue weighted by atomic mass is 79.9. The van der Waals surface area contributed by atoms with Crippen molar-refractivity contribution in [3.8, 4) is 0 Å². The third-order valence-electron chi connectivity index (χ3n) is 1.56. The van der Waals surface area contributed by atoms with Gasteiger partial charge in [0.25, 0.3) is 0 Å². The molecule has 0 atom stereocenters. The third kappa shape index (κ3) is 3.16. The molecule has 12 heavy (non-hydrogen) atoms. The summed E-state index contributed by atoms with van der Waals surface area (Å²) < 4.78 is 11.3. The second-order valence-corrected chi connectivity index (χ2v) is 9.93. The fourth-order valence-corrected chi connectivity index (χ4v) is 3.91. The summed E-state index contributed by atoms with van der Waals surface area (Å²) in [7, 11) is -2.14. The van der Waals surface area contributed by atoms with Crippen molar-refractivity contribution in [2.75, 3.05) is 13.2 Å². The first-order chi connectivity index (χ1) is 5.37. The van der Waals surface area contributed by atoms with Crippen LogP contribution in [0.2, 0.25) is 5.04 Å². The molecule has 0 bridgehead atoms. The monoisotopic (exact) mass is 254 g/mol. The molecule has 0 unspecified atom stereocenters. The van der Waals surface area contributed by atoms with E-state index in [0.717, 1.165) is 0 Å². The normalized spacial score (nSPS) is 13.5. The fourth-order valence-electron chi connectivity index (χ4n) is 0.846. The smallest absolute Gasteiger partial charge is 0.386 e. The van der Waals surface area contributed by atoms with Crippen LogP contribution in [0.25, 0.3) is 0 Å². The molecule has 0 aliphatic carbocycles. The highest BCUT2D eigenvalue weighted by Crippen LogP contribution is 2.41. The molecule has 0 aromatic rings. The predicted molar refractivity (Wildman–Crippen MR) is 57.6 cm³/mol. The molecule has 0 aliphatic rings. The first-order valence-corrected chi connectivity index (χ1v) is 8.41. The van der Waals surface area contributed by atoms with Crippen molar-refractivity contribution in [3.63, 3.8) is 0 Å². The summed E-state index contributed by atoms with van der Waals surface area (Å²) in [6.45, 7) is 11.8. The van der Waals surface area contributed by atoms with Gasteiger partial charge >= 0.3 is 7.18 Å². The van der Waals surface area contributed by atoms with E-state index < -0.39 is 7.18 Å². The Kier molecular flexibility index (Phi) is 4.99. The van der Waals surface area contributed by atoms with Crippen molar-refractivity contribution in [1.29, 1.82) is 0 Å². The Balaban J connectivity index is 4.38. The molecule has 0 aliphatic heterocycles. The minimum atomic E-state index is -2.14. The molecule has 0 saturated carbocycles. The SMILES string of the molecule is CCO[Si](Br)(OCC)C(C)(C)C. The highest BCUT2D eigenvalue weighted by molar-refractivity contribution is 9.25. The molecule has 0 amide bonds. The van der Waals surface area contributed by atoms with Gasteiger partial charge in [0.2, 0.25) is 0 Å². The predicted octanol–water partition coefficient (Wildman–Crippen LogP) is 3.19. The van der Waals surface area contributed by atoms with Gasteiger partial charge in [0.15, 0.2) is 0 Å². The molecule has 2 nitrogen and oxygen atoms in total. The van der Waals surface area contributed by atoms with E-state index >= 15 is 0 Å². The average Bonchev–Trinajstić information content (AvgIpc) is 1.86. The Morgan fingerprint density at radius 1 is 1.08 bits per heavy atom. The van der Waals surface area contributed by atoms with E-state index in [1.807, 2.05) is 13.8 Å².